The predicted molar refractivity (Wildman–Crippen MR) is 114 cm³/mol. The van der Waals surface area contributed by atoms with Gasteiger partial charge in [-0.2, -0.15) is 0 Å². The molecule has 6 heteroatoms. The van der Waals surface area contributed by atoms with E-state index in [1.807, 2.05) is 0 Å². The van der Waals surface area contributed by atoms with Crippen molar-refractivity contribution in [2.45, 2.75) is 13.0 Å². The largest absolute Gasteiger partial charge is 0.451 e. The Morgan fingerprint density at radius 1 is 0.828 bits per heavy atom. The average molecular weight is 452 g/mol. The van der Waals surface area contributed by atoms with Crippen LogP contribution in [0.3, 0.4) is 0 Å². The number of carbonyl (C=O) groups is 3. The minimum atomic E-state index is -0.958. The van der Waals surface area contributed by atoms with E-state index < -0.39 is 12.1 Å². The zero-order valence-electron chi connectivity index (χ0n) is 15.6. The number of ether oxygens (including phenoxy) is 1. The monoisotopic (exact) mass is 451 g/mol. The molecule has 0 aliphatic rings. The summed E-state index contributed by atoms with van der Waals surface area (Å²) in [6.45, 7) is 1.52. The van der Waals surface area contributed by atoms with Crippen LogP contribution in [0.25, 0.3) is 0 Å². The Kier molecular flexibility index (Phi) is 6.57. The predicted octanol–water partition coefficient (Wildman–Crippen LogP) is 5.13. The quantitative estimate of drug-likeness (QED) is 0.416. The summed E-state index contributed by atoms with van der Waals surface area (Å²) >= 11 is 3.32. The van der Waals surface area contributed by atoms with Gasteiger partial charge in [-0.1, -0.05) is 58.4 Å². The van der Waals surface area contributed by atoms with E-state index in [2.05, 4.69) is 21.2 Å². The van der Waals surface area contributed by atoms with Crippen molar-refractivity contribution in [3.8, 4) is 0 Å². The van der Waals surface area contributed by atoms with Gasteiger partial charge in [0.05, 0.1) is 11.3 Å². The van der Waals surface area contributed by atoms with Gasteiger partial charge in [0.25, 0.3) is 5.91 Å². The van der Waals surface area contributed by atoms with Gasteiger partial charge in [-0.3, -0.25) is 9.59 Å². The van der Waals surface area contributed by atoms with Gasteiger partial charge in [-0.25, -0.2) is 4.79 Å². The molecule has 0 unspecified atom stereocenters. The van der Waals surface area contributed by atoms with Crippen LogP contribution in [0.1, 0.15) is 38.0 Å². The molecule has 0 aromatic heterocycles. The first-order chi connectivity index (χ1) is 14.0. The second kappa shape index (κ2) is 9.30. The molecule has 3 aromatic rings. The lowest BCUT2D eigenvalue weighted by Crippen LogP contribution is -2.25. The third kappa shape index (κ3) is 5.18. The van der Waals surface area contributed by atoms with E-state index in [1.165, 1.54) is 6.92 Å². The lowest BCUT2D eigenvalue weighted by Gasteiger charge is -2.15. The number of hydrogen-bond donors (Lipinski definition) is 1. The number of carbonyl (C=O) groups excluding carboxylic acids is 3. The Morgan fingerprint density at radius 2 is 1.45 bits per heavy atom. The van der Waals surface area contributed by atoms with Crippen molar-refractivity contribution in [2.75, 3.05) is 5.32 Å². The van der Waals surface area contributed by atoms with Crippen molar-refractivity contribution in [3.63, 3.8) is 0 Å². The highest BCUT2D eigenvalue weighted by Gasteiger charge is 2.22. The molecule has 5 nitrogen and oxygen atoms in total. The van der Waals surface area contributed by atoms with E-state index in [1.54, 1.807) is 78.9 Å². The summed E-state index contributed by atoms with van der Waals surface area (Å²) in [6.07, 6.45) is -0.958. The van der Waals surface area contributed by atoms with Crippen molar-refractivity contribution in [1.82, 2.24) is 0 Å². The number of esters is 1. The van der Waals surface area contributed by atoms with E-state index in [9.17, 15) is 14.4 Å². The Hall–Kier alpha value is -3.25. The molecule has 0 saturated carbocycles. The lowest BCUT2D eigenvalue weighted by molar-refractivity contribution is 0.0320. The first kappa shape index (κ1) is 20.5. The second-order valence-corrected chi connectivity index (χ2v) is 7.20. The maximum atomic E-state index is 12.6. The summed E-state index contributed by atoms with van der Waals surface area (Å²) in [4.78, 5) is 37.6. The maximum Gasteiger partial charge on any atom is 0.340 e. The lowest BCUT2D eigenvalue weighted by atomic mass is 10.1. The van der Waals surface area contributed by atoms with E-state index in [4.69, 9.17) is 4.74 Å². The fourth-order valence-electron chi connectivity index (χ4n) is 2.68. The van der Waals surface area contributed by atoms with Gasteiger partial charge >= 0.3 is 5.97 Å². The number of para-hydroxylation sites is 1. The third-order valence-corrected chi connectivity index (χ3v) is 4.74. The Balaban J connectivity index is 1.74. The number of nitrogens with one attached hydrogen (secondary N) is 1. The van der Waals surface area contributed by atoms with Crippen LogP contribution in [-0.4, -0.2) is 23.8 Å². The molecule has 0 fully saturated rings. The minimum absolute atomic E-state index is 0.172. The normalized spacial score (nSPS) is 11.4. The molecule has 0 radical (unpaired) electrons. The van der Waals surface area contributed by atoms with Crippen LogP contribution in [0.15, 0.2) is 83.3 Å². The highest BCUT2D eigenvalue weighted by atomic mass is 79.9. The molecule has 0 aliphatic heterocycles. The number of benzene rings is 3. The summed E-state index contributed by atoms with van der Waals surface area (Å²) in [5, 5.41) is 2.72. The van der Waals surface area contributed by atoms with Crippen molar-refractivity contribution >= 4 is 39.3 Å². The summed E-state index contributed by atoms with van der Waals surface area (Å²) in [7, 11) is 0. The molecule has 1 amide bonds. The molecule has 0 bridgehead atoms. The van der Waals surface area contributed by atoms with Gasteiger partial charge < -0.3 is 10.1 Å². The van der Waals surface area contributed by atoms with Crippen molar-refractivity contribution in [2.24, 2.45) is 0 Å². The van der Waals surface area contributed by atoms with Crippen LogP contribution >= 0.6 is 15.9 Å². The highest BCUT2D eigenvalue weighted by Crippen LogP contribution is 2.19. The average Bonchev–Trinajstić information content (AvgIpc) is 2.74. The second-order valence-electron chi connectivity index (χ2n) is 6.28. The molecule has 0 spiro atoms. The molecule has 0 heterocycles. The number of hydrogen-bond acceptors (Lipinski definition) is 4. The van der Waals surface area contributed by atoms with Crippen molar-refractivity contribution in [3.05, 3.63) is 100 Å². The van der Waals surface area contributed by atoms with E-state index in [-0.39, 0.29) is 17.3 Å². The zero-order valence-corrected chi connectivity index (χ0v) is 17.2. The smallest absolute Gasteiger partial charge is 0.340 e. The molecule has 3 rings (SSSR count). The molecule has 1 N–H and O–H groups in total. The number of ketones is 1. The molecular formula is C23H18BrNO4. The molecule has 0 saturated heterocycles. The van der Waals surface area contributed by atoms with Gasteiger partial charge in [0.1, 0.15) is 0 Å². The molecule has 0 aliphatic carbocycles. The molecule has 3 aromatic carbocycles. The van der Waals surface area contributed by atoms with Gasteiger partial charge in [0, 0.05) is 15.6 Å². The fraction of sp³-hybridized carbons (Fsp3) is 0.0870. The van der Waals surface area contributed by atoms with Gasteiger partial charge in [0.2, 0.25) is 5.78 Å². The fourth-order valence-corrected chi connectivity index (χ4v) is 2.94. The SMILES string of the molecule is C[C@H](OC(=O)c1ccccc1NC(=O)c1ccc(Br)cc1)C(=O)c1ccccc1. The van der Waals surface area contributed by atoms with E-state index in [0.717, 1.165) is 4.47 Å². The van der Waals surface area contributed by atoms with Crippen LogP contribution in [0, 0.1) is 0 Å². The summed E-state index contributed by atoms with van der Waals surface area (Å²) in [5.74, 6) is -1.34. The Labute approximate surface area is 176 Å². The van der Waals surface area contributed by atoms with E-state index in [0.29, 0.717) is 16.8 Å². The highest BCUT2D eigenvalue weighted by molar-refractivity contribution is 9.10. The number of Topliss-reactive ketones (excluding diaryl/α,β-unsaturated/α-hetero) is 1. The zero-order chi connectivity index (χ0) is 20.8. The van der Waals surface area contributed by atoms with Crippen LogP contribution in [0.5, 0.6) is 0 Å². The molecule has 29 heavy (non-hydrogen) atoms. The minimum Gasteiger partial charge on any atom is -0.451 e. The third-order valence-electron chi connectivity index (χ3n) is 4.21. The number of halogens is 1. The van der Waals surface area contributed by atoms with Gasteiger partial charge in [-0.05, 0) is 43.3 Å². The van der Waals surface area contributed by atoms with Crippen LogP contribution in [-0.2, 0) is 4.74 Å². The first-order valence-electron chi connectivity index (χ1n) is 8.92. The molecule has 1 atom stereocenters. The first-order valence-corrected chi connectivity index (χ1v) is 9.71. The Bertz CT molecular complexity index is 1030. The maximum absolute atomic E-state index is 12.6. The van der Waals surface area contributed by atoms with E-state index >= 15 is 0 Å². The summed E-state index contributed by atoms with van der Waals surface area (Å²) in [6, 6.07) is 22.0. The Morgan fingerprint density at radius 3 is 2.14 bits per heavy atom. The van der Waals surface area contributed by atoms with Crippen molar-refractivity contribution in [1.29, 1.82) is 0 Å². The molecular weight excluding hydrogens is 434 g/mol. The summed E-state index contributed by atoms with van der Waals surface area (Å²) < 4.78 is 6.21. The van der Waals surface area contributed by atoms with Crippen LogP contribution in [0.4, 0.5) is 5.69 Å². The van der Waals surface area contributed by atoms with Gasteiger partial charge in [0.15, 0.2) is 6.10 Å². The van der Waals surface area contributed by atoms with Gasteiger partial charge in [-0.15, -0.1) is 0 Å². The van der Waals surface area contributed by atoms with Crippen LogP contribution < -0.4 is 5.32 Å². The number of rotatable bonds is 6. The molecule has 146 valence electrons. The number of anilines is 1. The standard InChI is InChI=1S/C23H18BrNO4/c1-15(21(26)16-7-3-2-4-8-16)29-23(28)19-9-5-6-10-20(19)25-22(27)17-11-13-18(24)14-12-17/h2-15H,1H3,(H,25,27)/t15-/m0/s1. The summed E-state index contributed by atoms with van der Waals surface area (Å²) in [5.41, 5.74) is 1.39. The topological polar surface area (TPSA) is 72.5 Å². The number of amides is 1. The van der Waals surface area contributed by atoms with Crippen molar-refractivity contribution < 1.29 is 19.1 Å². The van der Waals surface area contributed by atoms with Crippen LogP contribution in [0.2, 0.25) is 0 Å².